The Morgan fingerprint density at radius 3 is 2.68 bits per heavy atom. The van der Waals surface area contributed by atoms with Gasteiger partial charge in [0.05, 0.1) is 11.7 Å². The number of aliphatic hydroxyl groups is 1. The van der Waals surface area contributed by atoms with Crippen molar-refractivity contribution in [1.29, 1.82) is 0 Å². The molecule has 25 heavy (non-hydrogen) atoms. The third-order valence-corrected chi connectivity index (χ3v) is 5.18. The van der Waals surface area contributed by atoms with E-state index in [1.165, 1.54) is 31.0 Å². The van der Waals surface area contributed by atoms with E-state index in [9.17, 15) is 13.9 Å². The van der Waals surface area contributed by atoms with Gasteiger partial charge in [-0.1, -0.05) is 6.07 Å². The van der Waals surface area contributed by atoms with Crippen LogP contribution >= 0.6 is 0 Å². The summed E-state index contributed by atoms with van der Waals surface area (Å²) in [6.45, 7) is 1.74. The molecule has 0 radical (unpaired) electrons. The molecule has 2 fully saturated rings. The fourth-order valence-electron chi connectivity index (χ4n) is 3.77. The standard InChI is InChI=1S/C18H22F2N4O/c19-14-4-1-5-15(20)17(14)16(25)10-23-8-2-3-12(9-23)18-22-21-11-24(18)13-6-7-13/h1,4-5,11-13,16,25H,2-3,6-10H2. The molecule has 2 heterocycles. The molecule has 2 atom stereocenters. The van der Waals surface area contributed by atoms with E-state index in [-0.39, 0.29) is 18.0 Å². The van der Waals surface area contributed by atoms with Crippen LogP contribution in [0.15, 0.2) is 24.5 Å². The fourth-order valence-corrected chi connectivity index (χ4v) is 3.77. The molecule has 2 aliphatic rings. The van der Waals surface area contributed by atoms with E-state index >= 15 is 0 Å². The van der Waals surface area contributed by atoms with E-state index in [4.69, 9.17) is 0 Å². The molecule has 0 amide bonds. The number of β-amino-alcohol motifs (C(OH)–C–C–N with tert-alkyl or cyclic N) is 1. The molecule has 1 aliphatic heterocycles. The average molecular weight is 348 g/mol. The molecule has 2 aromatic rings. The first-order valence-electron chi connectivity index (χ1n) is 8.87. The number of nitrogens with zero attached hydrogens (tertiary/aromatic N) is 4. The maximum Gasteiger partial charge on any atom is 0.137 e. The van der Waals surface area contributed by atoms with Crippen molar-refractivity contribution < 1.29 is 13.9 Å². The Kier molecular flexibility index (Phi) is 4.52. The second kappa shape index (κ2) is 6.80. The summed E-state index contributed by atoms with van der Waals surface area (Å²) in [5, 5.41) is 18.7. The molecule has 5 nitrogen and oxygen atoms in total. The Bertz CT molecular complexity index is 726. The van der Waals surface area contributed by atoms with Crippen LogP contribution < -0.4 is 0 Å². The lowest BCUT2D eigenvalue weighted by atomic mass is 9.96. The predicted octanol–water partition coefficient (Wildman–Crippen LogP) is 2.80. The van der Waals surface area contributed by atoms with Gasteiger partial charge in [0.15, 0.2) is 0 Å². The summed E-state index contributed by atoms with van der Waals surface area (Å²) in [4.78, 5) is 2.07. The molecular weight excluding hydrogens is 326 g/mol. The van der Waals surface area contributed by atoms with Crippen LogP contribution in [-0.4, -0.2) is 44.4 Å². The first-order chi connectivity index (χ1) is 12.1. The summed E-state index contributed by atoms with van der Waals surface area (Å²) < 4.78 is 29.9. The summed E-state index contributed by atoms with van der Waals surface area (Å²) in [7, 11) is 0. The molecule has 1 N–H and O–H groups in total. The minimum atomic E-state index is -1.18. The number of likely N-dealkylation sites (tertiary alicyclic amines) is 1. The number of benzene rings is 1. The molecule has 0 bridgehead atoms. The highest BCUT2D eigenvalue weighted by atomic mass is 19.1. The zero-order valence-electron chi connectivity index (χ0n) is 14.0. The summed E-state index contributed by atoms with van der Waals surface area (Å²) >= 11 is 0. The van der Waals surface area contributed by atoms with Gasteiger partial charge in [-0.2, -0.15) is 0 Å². The molecular formula is C18H22F2N4O. The molecule has 1 aliphatic carbocycles. The Morgan fingerprint density at radius 2 is 1.96 bits per heavy atom. The third kappa shape index (κ3) is 3.43. The molecule has 1 saturated heterocycles. The highest BCUT2D eigenvalue weighted by molar-refractivity contribution is 5.22. The number of piperidine rings is 1. The Balaban J connectivity index is 1.45. The van der Waals surface area contributed by atoms with Crippen LogP contribution in [0.1, 0.15) is 55.1 Å². The Hall–Kier alpha value is -1.86. The lowest BCUT2D eigenvalue weighted by Crippen LogP contribution is -2.38. The molecule has 2 unspecified atom stereocenters. The van der Waals surface area contributed by atoms with E-state index in [0.29, 0.717) is 6.04 Å². The smallest absolute Gasteiger partial charge is 0.137 e. The van der Waals surface area contributed by atoms with Crippen LogP contribution in [0.25, 0.3) is 0 Å². The van der Waals surface area contributed by atoms with Gasteiger partial charge >= 0.3 is 0 Å². The highest BCUT2D eigenvalue weighted by Crippen LogP contribution is 2.38. The van der Waals surface area contributed by atoms with Crippen molar-refractivity contribution in [3.8, 4) is 0 Å². The minimum absolute atomic E-state index is 0.214. The summed E-state index contributed by atoms with van der Waals surface area (Å²) in [6.07, 6.45) is 4.96. The summed E-state index contributed by atoms with van der Waals surface area (Å²) in [5.41, 5.74) is -0.245. The number of halogens is 2. The molecule has 1 aromatic carbocycles. The second-order valence-corrected chi connectivity index (χ2v) is 7.08. The SMILES string of the molecule is OC(CN1CCCC(c2nncn2C2CC2)C1)c1c(F)cccc1F. The number of rotatable bonds is 5. The fraction of sp³-hybridized carbons (Fsp3) is 0.556. The van der Waals surface area contributed by atoms with Crippen LogP contribution in [0.4, 0.5) is 8.78 Å². The lowest BCUT2D eigenvalue weighted by Gasteiger charge is -2.33. The van der Waals surface area contributed by atoms with Crippen molar-refractivity contribution in [3.05, 3.63) is 47.5 Å². The van der Waals surface area contributed by atoms with E-state index in [2.05, 4.69) is 19.7 Å². The van der Waals surface area contributed by atoms with Gasteiger partial charge in [-0.3, -0.25) is 4.90 Å². The maximum absolute atomic E-state index is 13.9. The number of hydrogen-bond acceptors (Lipinski definition) is 4. The van der Waals surface area contributed by atoms with Gasteiger partial charge in [-0.25, -0.2) is 8.78 Å². The van der Waals surface area contributed by atoms with Crippen molar-refractivity contribution in [3.63, 3.8) is 0 Å². The molecule has 4 rings (SSSR count). The van der Waals surface area contributed by atoms with Gasteiger partial charge in [0.25, 0.3) is 0 Å². The van der Waals surface area contributed by atoms with Crippen molar-refractivity contribution in [2.75, 3.05) is 19.6 Å². The van der Waals surface area contributed by atoms with Crippen molar-refractivity contribution in [2.24, 2.45) is 0 Å². The quantitative estimate of drug-likeness (QED) is 0.903. The number of hydrogen-bond donors (Lipinski definition) is 1. The van der Waals surface area contributed by atoms with E-state index in [1.54, 1.807) is 6.33 Å². The zero-order valence-corrected chi connectivity index (χ0v) is 14.0. The topological polar surface area (TPSA) is 54.2 Å². The second-order valence-electron chi connectivity index (χ2n) is 7.08. The van der Waals surface area contributed by atoms with Gasteiger partial charge < -0.3 is 9.67 Å². The van der Waals surface area contributed by atoms with Gasteiger partial charge in [-0.05, 0) is 44.4 Å². The van der Waals surface area contributed by atoms with Crippen molar-refractivity contribution >= 4 is 0 Å². The van der Waals surface area contributed by atoms with Gasteiger partial charge in [0.2, 0.25) is 0 Å². The van der Waals surface area contributed by atoms with Crippen molar-refractivity contribution in [1.82, 2.24) is 19.7 Å². The molecule has 7 heteroatoms. The molecule has 1 aromatic heterocycles. The van der Waals surface area contributed by atoms with E-state index < -0.39 is 17.7 Å². The normalized spacial score (nSPS) is 22.9. The molecule has 0 spiro atoms. The van der Waals surface area contributed by atoms with Crippen LogP contribution in [0.5, 0.6) is 0 Å². The Morgan fingerprint density at radius 1 is 1.20 bits per heavy atom. The summed E-state index contributed by atoms with van der Waals surface area (Å²) in [6, 6.07) is 4.19. The lowest BCUT2D eigenvalue weighted by molar-refractivity contribution is 0.0890. The first kappa shape index (κ1) is 16.6. The predicted molar refractivity (Wildman–Crippen MR) is 88.0 cm³/mol. The Labute approximate surface area is 145 Å². The molecule has 134 valence electrons. The zero-order chi connectivity index (χ0) is 17.4. The van der Waals surface area contributed by atoms with Crippen LogP contribution in [0.3, 0.4) is 0 Å². The van der Waals surface area contributed by atoms with E-state index in [0.717, 1.165) is 31.8 Å². The first-order valence-corrected chi connectivity index (χ1v) is 8.87. The number of aliphatic hydroxyl groups excluding tert-OH is 1. The summed E-state index contributed by atoms with van der Waals surface area (Å²) in [5.74, 6) is -0.155. The molecule has 1 saturated carbocycles. The minimum Gasteiger partial charge on any atom is -0.387 e. The van der Waals surface area contributed by atoms with Crippen LogP contribution in [0, 0.1) is 11.6 Å². The third-order valence-electron chi connectivity index (χ3n) is 5.18. The van der Waals surface area contributed by atoms with Crippen LogP contribution in [0.2, 0.25) is 0 Å². The van der Waals surface area contributed by atoms with Crippen LogP contribution in [-0.2, 0) is 0 Å². The van der Waals surface area contributed by atoms with Gasteiger partial charge in [0, 0.05) is 25.0 Å². The van der Waals surface area contributed by atoms with Gasteiger partial charge in [-0.15, -0.1) is 10.2 Å². The average Bonchev–Trinajstić information content (AvgIpc) is 3.31. The highest BCUT2D eigenvalue weighted by Gasteiger charge is 2.32. The monoisotopic (exact) mass is 348 g/mol. The van der Waals surface area contributed by atoms with Gasteiger partial charge in [0.1, 0.15) is 23.8 Å². The number of aromatic nitrogens is 3. The largest absolute Gasteiger partial charge is 0.387 e. The van der Waals surface area contributed by atoms with E-state index in [1.807, 2.05) is 0 Å². The maximum atomic E-state index is 13.9. The van der Waals surface area contributed by atoms with Crippen molar-refractivity contribution in [2.45, 2.75) is 43.7 Å².